The van der Waals surface area contributed by atoms with Gasteiger partial charge in [-0.3, -0.25) is 14.6 Å². The summed E-state index contributed by atoms with van der Waals surface area (Å²) in [6.45, 7) is 1.85. The number of carboxylic acid groups (broad SMARTS) is 1. The maximum Gasteiger partial charge on any atom is 0.305 e. The maximum absolute atomic E-state index is 12.6. The van der Waals surface area contributed by atoms with E-state index >= 15 is 0 Å². The van der Waals surface area contributed by atoms with Crippen molar-refractivity contribution >= 4 is 11.9 Å². The molecule has 1 amide bonds. The lowest BCUT2D eigenvalue weighted by molar-refractivity contribution is -0.137. The van der Waals surface area contributed by atoms with E-state index in [0.717, 1.165) is 5.56 Å². The van der Waals surface area contributed by atoms with Gasteiger partial charge in [-0.2, -0.15) is 9.78 Å². The minimum atomic E-state index is -1.03. The smallest absolute Gasteiger partial charge is 0.305 e. The monoisotopic (exact) mass is 366 g/mol. The van der Waals surface area contributed by atoms with Crippen LogP contribution in [0.2, 0.25) is 0 Å². The number of rotatable bonds is 6. The number of hydrogen-bond acceptors (Lipinski definition) is 5. The molecule has 0 spiro atoms. The van der Waals surface area contributed by atoms with E-state index in [1.54, 1.807) is 30.5 Å². The van der Waals surface area contributed by atoms with Gasteiger partial charge in [0.05, 0.1) is 24.3 Å². The van der Waals surface area contributed by atoms with Crippen LogP contribution in [0, 0.1) is 6.92 Å². The van der Waals surface area contributed by atoms with E-state index in [1.807, 2.05) is 19.1 Å². The third kappa shape index (κ3) is 4.12. The number of nitrogens with one attached hydrogen (secondary N) is 1. The summed E-state index contributed by atoms with van der Waals surface area (Å²) in [5.41, 5.74) is 2.05. The molecule has 3 rings (SSSR count). The second kappa shape index (κ2) is 7.69. The van der Waals surface area contributed by atoms with Crippen LogP contribution in [0.25, 0.3) is 5.69 Å². The van der Waals surface area contributed by atoms with Gasteiger partial charge >= 0.3 is 5.97 Å². The second-order valence-electron chi connectivity index (χ2n) is 5.99. The lowest BCUT2D eigenvalue weighted by Gasteiger charge is -2.18. The van der Waals surface area contributed by atoms with E-state index in [1.165, 1.54) is 16.9 Å². The molecule has 27 heavy (non-hydrogen) atoms. The van der Waals surface area contributed by atoms with Crippen molar-refractivity contribution in [3.63, 3.8) is 0 Å². The van der Waals surface area contributed by atoms with Crippen molar-refractivity contribution < 1.29 is 19.8 Å². The molecule has 1 atom stereocenters. The SMILES string of the molecule is Cc1ccccc1[C@H](CC(=O)O)NC(=O)c1cc(O)n(-c2cccnc2)n1. The third-order valence-corrected chi connectivity index (χ3v) is 4.06. The molecular weight excluding hydrogens is 348 g/mol. The molecule has 0 fully saturated rings. The fraction of sp³-hybridized carbons (Fsp3) is 0.158. The van der Waals surface area contributed by atoms with E-state index in [0.29, 0.717) is 11.3 Å². The highest BCUT2D eigenvalue weighted by Crippen LogP contribution is 2.22. The lowest BCUT2D eigenvalue weighted by atomic mass is 9.98. The summed E-state index contributed by atoms with van der Waals surface area (Å²) in [6, 6.07) is 11.1. The first-order chi connectivity index (χ1) is 13.0. The van der Waals surface area contributed by atoms with Gasteiger partial charge < -0.3 is 15.5 Å². The van der Waals surface area contributed by atoms with Gasteiger partial charge in [0, 0.05) is 12.3 Å². The van der Waals surface area contributed by atoms with E-state index in [-0.39, 0.29) is 18.0 Å². The van der Waals surface area contributed by atoms with Gasteiger partial charge in [0.2, 0.25) is 5.88 Å². The van der Waals surface area contributed by atoms with Crippen molar-refractivity contribution in [3.05, 3.63) is 71.7 Å². The Morgan fingerprint density at radius 3 is 2.67 bits per heavy atom. The molecule has 0 unspecified atom stereocenters. The molecule has 1 aromatic carbocycles. The number of amides is 1. The zero-order chi connectivity index (χ0) is 19.4. The average Bonchev–Trinajstić information content (AvgIpc) is 3.04. The molecule has 2 heterocycles. The first kappa shape index (κ1) is 18.1. The molecule has 3 aromatic rings. The van der Waals surface area contributed by atoms with Crippen LogP contribution >= 0.6 is 0 Å². The summed E-state index contributed by atoms with van der Waals surface area (Å²) in [7, 11) is 0. The Labute approximate surface area is 155 Å². The Balaban J connectivity index is 1.86. The molecule has 8 heteroatoms. The number of carboxylic acids is 1. The molecule has 0 bridgehead atoms. The third-order valence-electron chi connectivity index (χ3n) is 4.06. The van der Waals surface area contributed by atoms with Gasteiger partial charge in [0.1, 0.15) is 0 Å². The quantitative estimate of drug-likeness (QED) is 0.616. The number of aliphatic carboxylic acids is 1. The highest BCUT2D eigenvalue weighted by molar-refractivity contribution is 5.93. The first-order valence-corrected chi connectivity index (χ1v) is 8.23. The van der Waals surface area contributed by atoms with Crippen LogP contribution < -0.4 is 5.32 Å². The Bertz CT molecular complexity index is 969. The number of benzene rings is 1. The van der Waals surface area contributed by atoms with Crippen molar-refractivity contribution in [3.8, 4) is 11.6 Å². The largest absolute Gasteiger partial charge is 0.493 e. The van der Waals surface area contributed by atoms with E-state index in [2.05, 4.69) is 15.4 Å². The zero-order valence-electron chi connectivity index (χ0n) is 14.5. The van der Waals surface area contributed by atoms with Gasteiger partial charge in [0.15, 0.2) is 5.69 Å². The highest BCUT2D eigenvalue weighted by Gasteiger charge is 2.22. The summed E-state index contributed by atoms with van der Waals surface area (Å²) in [5.74, 6) is -1.84. The molecule has 0 aliphatic carbocycles. The maximum atomic E-state index is 12.6. The number of pyridine rings is 1. The summed E-state index contributed by atoms with van der Waals surface area (Å²) in [6.07, 6.45) is 2.80. The summed E-state index contributed by atoms with van der Waals surface area (Å²) >= 11 is 0. The van der Waals surface area contributed by atoms with Gasteiger partial charge in [-0.25, -0.2) is 0 Å². The van der Waals surface area contributed by atoms with Crippen LogP contribution in [-0.4, -0.2) is 36.9 Å². The van der Waals surface area contributed by atoms with Gasteiger partial charge in [-0.15, -0.1) is 0 Å². The number of aryl methyl sites for hydroxylation is 1. The predicted molar refractivity (Wildman–Crippen MR) is 96.7 cm³/mol. The number of hydrogen-bond donors (Lipinski definition) is 3. The van der Waals surface area contributed by atoms with Crippen molar-refractivity contribution in [2.75, 3.05) is 0 Å². The fourth-order valence-electron chi connectivity index (χ4n) is 2.77. The number of carbonyl (C=O) groups excluding carboxylic acids is 1. The minimum absolute atomic E-state index is 0.0275. The van der Waals surface area contributed by atoms with Crippen LogP contribution in [0.15, 0.2) is 54.9 Å². The second-order valence-corrected chi connectivity index (χ2v) is 5.99. The van der Waals surface area contributed by atoms with Crippen LogP contribution in [0.4, 0.5) is 0 Å². The van der Waals surface area contributed by atoms with Crippen molar-refractivity contribution in [1.82, 2.24) is 20.1 Å². The highest BCUT2D eigenvalue weighted by atomic mass is 16.4. The topological polar surface area (TPSA) is 117 Å². The Morgan fingerprint density at radius 2 is 2.00 bits per heavy atom. The van der Waals surface area contributed by atoms with E-state index in [9.17, 15) is 19.8 Å². The van der Waals surface area contributed by atoms with Crippen molar-refractivity contribution in [2.45, 2.75) is 19.4 Å². The van der Waals surface area contributed by atoms with Gasteiger partial charge in [-0.05, 0) is 30.2 Å². The molecule has 8 nitrogen and oxygen atoms in total. The molecule has 138 valence electrons. The number of aromatic hydroxyl groups is 1. The van der Waals surface area contributed by atoms with Crippen molar-refractivity contribution in [2.24, 2.45) is 0 Å². The number of aromatic nitrogens is 3. The average molecular weight is 366 g/mol. The summed E-state index contributed by atoms with van der Waals surface area (Å²) < 4.78 is 1.18. The molecule has 0 radical (unpaired) electrons. The van der Waals surface area contributed by atoms with Gasteiger partial charge in [0.25, 0.3) is 5.91 Å². The first-order valence-electron chi connectivity index (χ1n) is 8.23. The lowest BCUT2D eigenvalue weighted by Crippen LogP contribution is -2.31. The summed E-state index contributed by atoms with van der Waals surface area (Å²) in [4.78, 5) is 27.8. The normalized spacial score (nSPS) is 11.7. The molecule has 0 aliphatic rings. The van der Waals surface area contributed by atoms with E-state index < -0.39 is 17.9 Å². The van der Waals surface area contributed by atoms with Crippen LogP contribution in [0.3, 0.4) is 0 Å². The predicted octanol–water partition coefficient (Wildman–Crippen LogP) is 2.23. The van der Waals surface area contributed by atoms with Crippen molar-refractivity contribution in [1.29, 1.82) is 0 Å². The van der Waals surface area contributed by atoms with Crippen LogP contribution in [0.1, 0.15) is 34.1 Å². The van der Waals surface area contributed by atoms with Crippen LogP contribution in [-0.2, 0) is 4.79 Å². The fourth-order valence-corrected chi connectivity index (χ4v) is 2.77. The molecule has 2 aromatic heterocycles. The Morgan fingerprint density at radius 1 is 1.22 bits per heavy atom. The molecule has 0 aliphatic heterocycles. The standard InChI is InChI=1S/C19H18N4O4/c1-12-5-2-3-7-14(12)15(10-18(25)26)21-19(27)16-9-17(24)23(22-16)13-6-4-8-20-11-13/h2-9,11,15,24H,10H2,1H3,(H,21,27)(H,25,26)/t15-/m0/s1. The molecular formula is C19H18N4O4. The van der Waals surface area contributed by atoms with E-state index in [4.69, 9.17) is 0 Å². The number of nitrogens with zero attached hydrogens (tertiary/aromatic N) is 3. The minimum Gasteiger partial charge on any atom is -0.493 e. The Hall–Kier alpha value is -3.68. The molecule has 3 N–H and O–H groups in total. The summed E-state index contributed by atoms with van der Waals surface area (Å²) in [5, 5.41) is 26.1. The molecule has 0 saturated heterocycles. The Kier molecular flexibility index (Phi) is 5.16. The van der Waals surface area contributed by atoms with Crippen LogP contribution in [0.5, 0.6) is 5.88 Å². The zero-order valence-corrected chi connectivity index (χ0v) is 14.5. The van der Waals surface area contributed by atoms with Gasteiger partial charge in [-0.1, -0.05) is 24.3 Å². The molecule has 0 saturated carbocycles. The number of carbonyl (C=O) groups is 2.